The number of hydrogen-bond donors (Lipinski definition) is 3. The van der Waals surface area contributed by atoms with E-state index in [2.05, 4.69) is 15.7 Å². The Morgan fingerprint density at radius 3 is 2.81 bits per heavy atom. The molecule has 1 fully saturated rings. The number of fused-ring (bicyclic) bond motifs is 2. The maximum Gasteiger partial charge on any atom is 0.264 e. The van der Waals surface area contributed by atoms with Gasteiger partial charge in [-0.25, -0.2) is 10.4 Å². The van der Waals surface area contributed by atoms with Crippen LogP contribution >= 0.6 is 0 Å². The number of aromatic nitrogens is 1. The summed E-state index contributed by atoms with van der Waals surface area (Å²) < 4.78 is 5.90. The molecule has 3 atom stereocenters. The number of carbonyl (C=O) groups excluding carboxylic acids is 1. The van der Waals surface area contributed by atoms with E-state index in [9.17, 15) is 4.79 Å². The van der Waals surface area contributed by atoms with Crippen molar-refractivity contribution in [3.05, 3.63) is 72.3 Å². The average Bonchev–Trinajstić information content (AvgIpc) is 3.23. The lowest BCUT2D eigenvalue weighted by molar-refractivity contribution is -0.131. The third-order valence-corrected chi connectivity index (χ3v) is 4.82. The number of hydrogen-bond acceptors (Lipinski definition) is 6. The Labute approximate surface area is 149 Å². The highest BCUT2D eigenvalue weighted by atomic mass is 16.3. The van der Waals surface area contributed by atoms with Gasteiger partial charge in [0, 0.05) is 17.7 Å². The predicted octanol–water partition coefficient (Wildman–Crippen LogP) is 1.51. The van der Waals surface area contributed by atoms with Gasteiger partial charge < -0.3 is 15.5 Å². The van der Waals surface area contributed by atoms with Crippen molar-refractivity contribution in [2.24, 2.45) is 5.73 Å². The van der Waals surface area contributed by atoms with Crippen LogP contribution in [0.5, 0.6) is 0 Å². The van der Waals surface area contributed by atoms with Crippen LogP contribution in [-0.2, 0) is 4.79 Å². The standard InChI is InChI=1S/C19H17N5O2/c20-18-17(12-6-3-4-8-21-12)19-22-13(10-16(25)24(19)23-18)15-9-11-5-1-2-7-14(11)26-15/h1-10,17-19,22-23H,20H2. The largest absolute Gasteiger partial charge is 0.455 e. The minimum Gasteiger partial charge on any atom is -0.455 e. The second kappa shape index (κ2) is 5.69. The molecule has 130 valence electrons. The Morgan fingerprint density at radius 1 is 1.15 bits per heavy atom. The van der Waals surface area contributed by atoms with E-state index in [4.69, 9.17) is 10.2 Å². The van der Waals surface area contributed by atoms with Gasteiger partial charge in [-0.1, -0.05) is 24.3 Å². The molecule has 1 amide bonds. The highest BCUT2D eigenvalue weighted by Crippen LogP contribution is 2.33. The van der Waals surface area contributed by atoms with E-state index in [-0.39, 0.29) is 18.0 Å². The van der Waals surface area contributed by atoms with Gasteiger partial charge in [-0.2, -0.15) is 0 Å². The molecule has 4 N–H and O–H groups in total. The van der Waals surface area contributed by atoms with Crippen LogP contribution in [0.25, 0.3) is 16.7 Å². The van der Waals surface area contributed by atoms with E-state index >= 15 is 0 Å². The van der Waals surface area contributed by atoms with Crippen molar-refractivity contribution in [3.8, 4) is 0 Å². The first-order chi connectivity index (χ1) is 12.7. The summed E-state index contributed by atoms with van der Waals surface area (Å²) in [5.74, 6) is 0.269. The first kappa shape index (κ1) is 15.1. The summed E-state index contributed by atoms with van der Waals surface area (Å²) in [7, 11) is 0. The second-order valence-corrected chi connectivity index (χ2v) is 6.44. The lowest BCUT2D eigenvalue weighted by atomic mass is 9.98. The molecular weight excluding hydrogens is 330 g/mol. The van der Waals surface area contributed by atoms with E-state index in [0.29, 0.717) is 11.5 Å². The van der Waals surface area contributed by atoms with Crippen LogP contribution < -0.4 is 16.5 Å². The molecule has 0 aliphatic carbocycles. The van der Waals surface area contributed by atoms with Crippen LogP contribution in [0, 0.1) is 0 Å². The third kappa shape index (κ3) is 2.29. The van der Waals surface area contributed by atoms with Gasteiger partial charge in [-0.3, -0.25) is 9.78 Å². The monoisotopic (exact) mass is 347 g/mol. The normalized spacial score (nSPS) is 25.1. The first-order valence-electron chi connectivity index (χ1n) is 8.44. The summed E-state index contributed by atoms with van der Waals surface area (Å²) in [6.45, 7) is 0. The third-order valence-electron chi connectivity index (χ3n) is 4.82. The summed E-state index contributed by atoms with van der Waals surface area (Å²) in [6.07, 6.45) is 2.48. The number of pyridine rings is 1. The van der Waals surface area contributed by atoms with Gasteiger partial charge in [-0.15, -0.1) is 0 Å². The number of carbonyl (C=O) groups is 1. The highest BCUT2D eigenvalue weighted by molar-refractivity contribution is 5.97. The van der Waals surface area contributed by atoms with Gasteiger partial charge >= 0.3 is 0 Å². The van der Waals surface area contributed by atoms with Gasteiger partial charge in [0.1, 0.15) is 11.7 Å². The van der Waals surface area contributed by atoms with Crippen molar-refractivity contribution < 1.29 is 9.21 Å². The van der Waals surface area contributed by atoms with Crippen LogP contribution in [0.1, 0.15) is 17.4 Å². The first-order valence-corrected chi connectivity index (χ1v) is 8.44. The van der Waals surface area contributed by atoms with Gasteiger partial charge in [0.25, 0.3) is 5.91 Å². The fraction of sp³-hybridized carbons (Fsp3) is 0.158. The molecule has 3 unspecified atom stereocenters. The van der Waals surface area contributed by atoms with Crippen molar-refractivity contribution in [1.29, 1.82) is 0 Å². The molecule has 0 spiro atoms. The van der Waals surface area contributed by atoms with Crippen molar-refractivity contribution in [1.82, 2.24) is 20.7 Å². The summed E-state index contributed by atoms with van der Waals surface area (Å²) in [6, 6.07) is 15.4. The maximum atomic E-state index is 12.6. The molecule has 26 heavy (non-hydrogen) atoms. The molecule has 0 radical (unpaired) electrons. The molecule has 2 aromatic heterocycles. The predicted molar refractivity (Wildman–Crippen MR) is 96.0 cm³/mol. The number of para-hydroxylation sites is 1. The van der Waals surface area contributed by atoms with Crippen molar-refractivity contribution >= 4 is 22.6 Å². The topological polar surface area (TPSA) is 96.4 Å². The van der Waals surface area contributed by atoms with Gasteiger partial charge in [0.05, 0.1) is 23.5 Å². The number of hydrazine groups is 1. The SMILES string of the molecule is NC1NN2C(=O)C=C(c3cc4ccccc4o3)NC2C1c1ccccn1. The fourth-order valence-corrected chi connectivity index (χ4v) is 3.60. The van der Waals surface area contributed by atoms with Gasteiger partial charge in [-0.05, 0) is 24.3 Å². The molecule has 5 rings (SSSR count). The number of benzene rings is 1. The number of nitrogens with two attached hydrogens (primary N) is 1. The van der Waals surface area contributed by atoms with Crippen LogP contribution in [0.3, 0.4) is 0 Å². The summed E-state index contributed by atoms with van der Waals surface area (Å²) in [5, 5.41) is 5.90. The quantitative estimate of drug-likeness (QED) is 0.650. The molecule has 2 aliphatic heterocycles. The molecule has 3 aromatic rings. The number of nitrogens with zero attached hydrogens (tertiary/aromatic N) is 2. The summed E-state index contributed by atoms with van der Waals surface area (Å²) >= 11 is 0. The van der Waals surface area contributed by atoms with Crippen LogP contribution in [0.15, 0.2) is 65.2 Å². The molecule has 0 bridgehead atoms. The van der Waals surface area contributed by atoms with E-state index in [1.807, 2.05) is 48.5 Å². The minimum atomic E-state index is -0.422. The van der Waals surface area contributed by atoms with Crippen molar-refractivity contribution in [3.63, 3.8) is 0 Å². The fourth-order valence-electron chi connectivity index (χ4n) is 3.60. The maximum absolute atomic E-state index is 12.6. The molecule has 7 nitrogen and oxygen atoms in total. The van der Waals surface area contributed by atoms with E-state index in [1.54, 1.807) is 6.20 Å². The van der Waals surface area contributed by atoms with E-state index in [1.165, 1.54) is 11.1 Å². The number of rotatable bonds is 2. The average molecular weight is 347 g/mol. The Kier molecular flexibility index (Phi) is 3.31. The van der Waals surface area contributed by atoms with E-state index < -0.39 is 6.17 Å². The molecule has 7 heteroatoms. The molecule has 4 heterocycles. The van der Waals surface area contributed by atoms with Gasteiger partial charge in [0.2, 0.25) is 0 Å². The second-order valence-electron chi connectivity index (χ2n) is 6.44. The van der Waals surface area contributed by atoms with E-state index in [0.717, 1.165) is 16.7 Å². The number of nitrogens with one attached hydrogen (secondary N) is 2. The van der Waals surface area contributed by atoms with Gasteiger partial charge in [0.15, 0.2) is 5.76 Å². The highest BCUT2D eigenvalue weighted by Gasteiger charge is 2.46. The Hall–Kier alpha value is -3.16. The lowest BCUT2D eigenvalue weighted by Crippen LogP contribution is -2.52. The smallest absolute Gasteiger partial charge is 0.264 e. The molecule has 0 saturated carbocycles. The number of amides is 1. The Balaban J connectivity index is 1.53. The Bertz CT molecular complexity index is 980. The summed E-state index contributed by atoms with van der Waals surface area (Å²) in [5.41, 5.74) is 11.5. The van der Waals surface area contributed by atoms with Crippen molar-refractivity contribution in [2.75, 3.05) is 0 Å². The summed E-state index contributed by atoms with van der Waals surface area (Å²) in [4.78, 5) is 17.0. The molecule has 2 aliphatic rings. The lowest BCUT2D eigenvalue weighted by Gasteiger charge is -2.31. The zero-order valence-corrected chi connectivity index (χ0v) is 13.8. The van der Waals surface area contributed by atoms with Crippen LogP contribution in [-0.4, -0.2) is 28.2 Å². The molecule has 1 aromatic carbocycles. The van der Waals surface area contributed by atoms with Crippen molar-refractivity contribution in [2.45, 2.75) is 18.2 Å². The van der Waals surface area contributed by atoms with Crippen LogP contribution in [0.2, 0.25) is 0 Å². The molecule has 1 saturated heterocycles. The number of furan rings is 1. The Morgan fingerprint density at radius 2 is 2.00 bits per heavy atom. The zero-order chi connectivity index (χ0) is 17.7. The zero-order valence-electron chi connectivity index (χ0n) is 13.8. The molecular formula is C19H17N5O2. The minimum absolute atomic E-state index is 0.168. The van der Waals surface area contributed by atoms with Crippen LogP contribution in [0.4, 0.5) is 0 Å².